The highest BCUT2D eigenvalue weighted by Gasteiger charge is 2.16. The molecule has 3 aromatic rings. The molecule has 2 aromatic carbocycles. The summed E-state index contributed by atoms with van der Waals surface area (Å²) < 4.78 is 23.6. The van der Waals surface area contributed by atoms with Gasteiger partial charge in [0.05, 0.1) is 15.9 Å². The van der Waals surface area contributed by atoms with Gasteiger partial charge in [-0.3, -0.25) is 0 Å². The van der Waals surface area contributed by atoms with Crippen LogP contribution in [0.3, 0.4) is 0 Å². The minimum atomic E-state index is -3.80. The number of rotatable bonds is 3. The van der Waals surface area contributed by atoms with Crippen molar-refractivity contribution in [1.29, 1.82) is 0 Å². The molecule has 0 radical (unpaired) electrons. The molecule has 0 aliphatic rings. The van der Waals surface area contributed by atoms with Crippen LogP contribution in [0.4, 0.5) is 11.6 Å². The van der Waals surface area contributed by atoms with Gasteiger partial charge < -0.3 is 10.3 Å². The van der Waals surface area contributed by atoms with Crippen LogP contribution < -0.4 is 10.5 Å². The Morgan fingerprint density at radius 1 is 1.22 bits per heavy atom. The zero-order valence-electron chi connectivity index (χ0n) is 12.5. The first-order valence-corrected chi connectivity index (χ1v) is 9.15. The number of sulfonamides is 1. The molecule has 3 rings (SSSR count). The topological polar surface area (TPSA) is 101 Å². The Kier molecular flexibility index (Phi) is 3.91. The van der Waals surface area contributed by atoms with Crippen LogP contribution in [-0.4, -0.2) is 18.4 Å². The fraction of sp³-hybridized carbons (Fsp3) is 0.133. The van der Waals surface area contributed by atoms with Gasteiger partial charge in [-0.15, -0.1) is 0 Å². The standard InChI is InChI=1S/C15H15BrN4O2S/c1-8-4-3-5-9(2)14(8)20-15-18-11-6-10(16)13(23(17,21)22)7-12(11)19-15/h3-7H,1-2H3,(H2,17,21,22)(H2,18,19,20). The Morgan fingerprint density at radius 3 is 2.48 bits per heavy atom. The number of aromatic nitrogens is 2. The number of imidazole rings is 1. The second-order valence-electron chi connectivity index (χ2n) is 5.32. The van der Waals surface area contributed by atoms with Crippen LogP contribution >= 0.6 is 15.9 Å². The largest absolute Gasteiger partial charge is 0.325 e. The van der Waals surface area contributed by atoms with E-state index in [0.29, 0.717) is 21.5 Å². The summed E-state index contributed by atoms with van der Waals surface area (Å²) in [6.45, 7) is 4.02. The first-order valence-electron chi connectivity index (χ1n) is 6.81. The lowest BCUT2D eigenvalue weighted by molar-refractivity contribution is 0.597. The number of benzene rings is 2. The van der Waals surface area contributed by atoms with Gasteiger partial charge in [-0.25, -0.2) is 18.5 Å². The molecule has 0 saturated carbocycles. The average molecular weight is 395 g/mol. The predicted octanol–water partition coefficient (Wildman–Crippen LogP) is 3.33. The number of nitrogens with two attached hydrogens (primary N) is 1. The molecule has 8 heteroatoms. The SMILES string of the molecule is Cc1cccc(C)c1Nc1nc2cc(Br)c(S(N)(=O)=O)cc2[nH]1. The molecule has 120 valence electrons. The zero-order chi connectivity index (χ0) is 16.8. The molecule has 1 aromatic heterocycles. The van der Waals surface area contributed by atoms with E-state index >= 15 is 0 Å². The summed E-state index contributed by atoms with van der Waals surface area (Å²) in [6, 6.07) is 9.10. The van der Waals surface area contributed by atoms with Gasteiger partial charge in [-0.05, 0) is 53.0 Å². The summed E-state index contributed by atoms with van der Waals surface area (Å²) >= 11 is 3.22. The highest BCUT2D eigenvalue weighted by Crippen LogP contribution is 2.29. The predicted molar refractivity (Wildman–Crippen MR) is 94.4 cm³/mol. The fourth-order valence-electron chi connectivity index (χ4n) is 2.42. The Hall–Kier alpha value is -1.90. The van der Waals surface area contributed by atoms with Crippen molar-refractivity contribution in [3.8, 4) is 0 Å². The number of fused-ring (bicyclic) bond motifs is 1. The van der Waals surface area contributed by atoms with E-state index in [-0.39, 0.29) is 4.90 Å². The van der Waals surface area contributed by atoms with Crippen LogP contribution in [0, 0.1) is 13.8 Å². The van der Waals surface area contributed by atoms with Gasteiger partial charge in [0.2, 0.25) is 16.0 Å². The van der Waals surface area contributed by atoms with Crippen molar-refractivity contribution < 1.29 is 8.42 Å². The molecule has 6 nitrogen and oxygen atoms in total. The summed E-state index contributed by atoms with van der Waals surface area (Å²) in [5.41, 5.74) is 4.38. The maximum absolute atomic E-state index is 11.6. The van der Waals surface area contributed by atoms with Crippen molar-refractivity contribution in [2.24, 2.45) is 5.14 Å². The first kappa shape index (κ1) is 16.0. The Balaban J connectivity index is 2.07. The van der Waals surface area contributed by atoms with E-state index in [9.17, 15) is 8.42 Å². The molecule has 0 fully saturated rings. The van der Waals surface area contributed by atoms with E-state index in [1.54, 1.807) is 6.07 Å². The molecule has 0 aliphatic carbocycles. The molecule has 23 heavy (non-hydrogen) atoms. The first-order chi connectivity index (χ1) is 10.8. The van der Waals surface area contributed by atoms with Gasteiger partial charge in [0.1, 0.15) is 0 Å². The normalized spacial score (nSPS) is 11.8. The van der Waals surface area contributed by atoms with Crippen LogP contribution in [0.25, 0.3) is 11.0 Å². The van der Waals surface area contributed by atoms with Crippen LogP contribution in [0.15, 0.2) is 39.7 Å². The summed E-state index contributed by atoms with van der Waals surface area (Å²) in [4.78, 5) is 7.54. The van der Waals surface area contributed by atoms with Crippen molar-refractivity contribution >= 4 is 48.6 Å². The minimum absolute atomic E-state index is 0.0206. The highest BCUT2D eigenvalue weighted by molar-refractivity contribution is 9.10. The second-order valence-corrected chi connectivity index (χ2v) is 7.71. The lowest BCUT2D eigenvalue weighted by atomic mass is 10.1. The number of aromatic amines is 1. The molecule has 0 saturated heterocycles. The van der Waals surface area contributed by atoms with E-state index in [1.807, 2.05) is 32.0 Å². The average Bonchev–Trinajstić information content (AvgIpc) is 2.82. The van der Waals surface area contributed by atoms with Crippen LogP contribution in [0.2, 0.25) is 0 Å². The third-order valence-corrected chi connectivity index (χ3v) is 5.44. The molecule has 0 unspecified atom stereocenters. The van der Waals surface area contributed by atoms with Gasteiger partial charge in [-0.2, -0.15) is 0 Å². The molecule has 0 spiro atoms. The summed E-state index contributed by atoms with van der Waals surface area (Å²) in [6.07, 6.45) is 0. The molecule has 0 bridgehead atoms. The second kappa shape index (κ2) is 5.63. The van der Waals surface area contributed by atoms with Crippen molar-refractivity contribution in [2.45, 2.75) is 18.7 Å². The minimum Gasteiger partial charge on any atom is -0.325 e. The Bertz CT molecular complexity index is 991. The summed E-state index contributed by atoms with van der Waals surface area (Å²) in [7, 11) is -3.80. The van der Waals surface area contributed by atoms with Crippen LogP contribution in [0.5, 0.6) is 0 Å². The Morgan fingerprint density at radius 2 is 1.87 bits per heavy atom. The number of hydrogen-bond donors (Lipinski definition) is 3. The van der Waals surface area contributed by atoms with E-state index in [1.165, 1.54) is 6.07 Å². The van der Waals surface area contributed by atoms with Crippen LogP contribution in [0.1, 0.15) is 11.1 Å². The van der Waals surface area contributed by atoms with Gasteiger partial charge >= 0.3 is 0 Å². The summed E-state index contributed by atoms with van der Waals surface area (Å²) in [5.74, 6) is 0.538. The lowest BCUT2D eigenvalue weighted by Gasteiger charge is -2.09. The summed E-state index contributed by atoms with van der Waals surface area (Å²) in [5, 5.41) is 8.46. The Labute approximate surface area is 142 Å². The quantitative estimate of drug-likeness (QED) is 0.633. The van der Waals surface area contributed by atoms with E-state index in [4.69, 9.17) is 5.14 Å². The highest BCUT2D eigenvalue weighted by atomic mass is 79.9. The van der Waals surface area contributed by atoms with Gasteiger partial charge in [-0.1, -0.05) is 18.2 Å². The maximum atomic E-state index is 11.6. The monoisotopic (exact) mass is 394 g/mol. The number of halogens is 1. The van der Waals surface area contributed by atoms with Gasteiger partial charge in [0, 0.05) is 10.2 Å². The van der Waals surface area contributed by atoms with Crippen molar-refractivity contribution in [2.75, 3.05) is 5.32 Å². The number of anilines is 2. The van der Waals surface area contributed by atoms with Crippen LogP contribution in [-0.2, 0) is 10.0 Å². The smallest absolute Gasteiger partial charge is 0.239 e. The van der Waals surface area contributed by atoms with Crippen molar-refractivity contribution in [3.05, 3.63) is 45.9 Å². The molecule has 0 aliphatic heterocycles. The van der Waals surface area contributed by atoms with E-state index in [2.05, 4.69) is 31.2 Å². The number of primary sulfonamides is 1. The van der Waals surface area contributed by atoms with E-state index < -0.39 is 10.0 Å². The van der Waals surface area contributed by atoms with Crippen molar-refractivity contribution in [1.82, 2.24) is 9.97 Å². The number of aryl methyl sites for hydroxylation is 2. The maximum Gasteiger partial charge on any atom is 0.239 e. The molecule has 1 heterocycles. The number of para-hydroxylation sites is 1. The third-order valence-electron chi connectivity index (χ3n) is 3.57. The number of nitrogens with zero attached hydrogens (tertiary/aromatic N) is 1. The van der Waals surface area contributed by atoms with Gasteiger partial charge in [0.15, 0.2) is 0 Å². The fourth-order valence-corrected chi connectivity index (χ4v) is 4.04. The number of hydrogen-bond acceptors (Lipinski definition) is 4. The third kappa shape index (κ3) is 3.10. The molecule has 0 atom stereocenters. The van der Waals surface area contributed by atoms with Gasteiger partial charge in [0.25, 0.3) is 0 Å². The van der Waals surface area contributed by atoms with E-state index in [0.717, 1.165) is 16.8 Å². The number of nitrogens with one attached hydrogen (secondary N) is 2. The number of H-pyrrole nitrogens is 1. The molecular weight excluding hydrogens is 380 g/mol. The lowest BCUT2D eigenvalue weighted by Crippen LogP contribution is -2.12. The molecule has 0 amide bonds. The van der Waals surface area contributed by atoms with Crippen molar-refractivity contribution in [3.63, 3.8) is 0 Å². The zero-order valence-corrected chi connectivity index (χ0v) is 14.9. The molecule has 4 N–H and O–H groups in total. The molecular formula is C15H15BrN4O2S.